The first-order valence-electron chi connectivity index (χ1n) is 11.5. The molecule has 176 valence electrons. The molecule has 6 nitrogen and oxygen atoms in total. The van der Waals surface area contributed by atoms with Gasteiger partial charge in [0.25, 0.3) is 0 Å². The maximum absolute atomic E-state index is 13.1. The summed E-state index contributed by atoms with van der Waals surface area (Å²) in [5.41, 5.74) is 2.24. The molecule has 2 aromatic carbocycles. The van der Waals surface area contributed by atoms with E-state index in [1.807, 2.05) is 24.3 Å². The number of hydrogen-bond acceptors (Lipinski definition) is 4. The molecule has 0 radical (unpaired) electrons. The minimum Gasteiger partial charge on any atom is -0.207 e. The van der Waals surface area contributed by atoms with Crippen LogP contribution in [0.25, 0.3) is 0 Å². The van der Waals surface area contributed by atoms with Gasteiger partial charge in [-0.2, -0.15) is 8.61 Å². The molecule has 0 amide bonds. The third-order valence-corrected chi connectivity index (χ3v) is 9.72. The summed E-state index contributed by atoms with van der Waals surface area (Å²) in [6, 6.07) is 14.1. The molecular formula is C24H34N2O4S2. The highest BCUT2D eigenvalue weighted by molar-refractivity contribution is 7.89. The van der Waals surface area contributed by atoms with Gasteiger partial charge in [-0.15, -0.1) is 0 Å². The molecule has 32 heavy (non-hydrogen) atoms. The molecule has 0 atom stereocenters. The number of sulfonamides is 2. The SMILES string of the molecule is CCCCc1ccc(S(=O)(=O)N2CCCN(S(=O)(=O)c3ccc(CCC)cc3)CC2)cc1. The van der Waals surface area contributed by atoms with Crippen molar-refractivity contribution in [3.63, 3.8) is 0 Å². The Morgan fingerprint density at radius 1 is 0.625 bits per heavy atom. The van der Waals surface area contributed by atoms with E-state index in [1.165, 1.54) is 8.61 Å². The summed E-state index contributed by atoms with van der Waals surface area (Å²) in [6.45, 7) is 5.12. The predicted molar refractivity (Wildman–Crippen MR) is 128 cm³/mol. The van der Waals surface area contributed by atoms with Gasteiger partial charge in [0.1, 0.15) is 0 Å². The van der Waals surface area contributed by atoms with Crippen LogP contribution in [0.15, 0.2) is 58.3 Å². The standard InChI is InChI=1S/C24H34N2O4S2/c1-3-5-8-22-11-15-24(16-12-22)32(29,30)26-18-6-17-25(19-20-26)31(27,28)23-13-9-21(7-4-2)10-14-23/h9-16H,3-8,17-20H2,1-2H3. The van der Waals surface area contributed by atoms with E-state index in [9.17, 15) is 16.8 Å². The molecule has 1 aliphatic rings. The molecule has 3 rings (SSSR count). The lowest BCUT2D eigenvalue weighted by atomic mass is 10.1. The van der Waals surface area contributed by atoms with Crippen LogP contribution in [0.5, 0.6) is 0 Å². The normalized spacial score (nSPS) is 16.7. The van der Waals surface area contributed by atoms with Crippen molar-refractivity contribution in [3.05, 3.63) is 59.7 Å². The van der Waals surface area contributed by atoms with Crippen molar-refractivity contribution < 1.29 is 16.8 Å². The summed E-state index contributed by atoms with van der Waals surface area (Å²) in [5.74, 6) is 0. The van der Waals surface area contributed by atoms with Gasteiger partial charge in [-0.1, -0.05) is 51.0 Å². The largest absolute Gasteiger partial charge is 0.243 e. The topological polar surface area (TPSA) is 74.8 Å². The minimum atomic E-state index is -3.66. The Balaban J connectivity index is 1.71. The van der Waals surface area contributed by atoms with Crippen LogP contribution in [0.1, 0.15) is 50.7 Å². The number of hydrogen-bond donors (Lipinski definition) is 0. The van der Waals surface area contributed by atoms with Crippen LogP contribution in [0.3, 0.4) is 0 Å². The van der Waals surface area contributed by atoms with Crippen molar-refractivity contribution in [3.8, 4) is 0 Å². The van der Waals surface area contributed by atoms with Gasteiger partial charge >= 0.3 is 0 Å². The second-order valence-electron chi connectivity index (χ2n) is 8.30. The van der Waals surface area contributed by atoms with E-state index in [2.05, 4.69) is 13.8 Å². The molecule has 8 heteroatoms. The summed E-state index contributed by atoms with van der Waals surface area (Å²) >= 11 is 0. The molecular weight excluding hydrogens is 444 g/mol. The van der Waals surface area contributed by atoms with Crippen molar-refractivity contribution in [2.24, 2.45) is 0 Å². The molecule has 0 aromatic heterocycles. The highest BCUT2D eigenvalue weighted by Gasteiger charge is 2.31. The zero-order chi connectivity index (χ0) is 23.2. The van der Waals surface area contributed by atoms with E-state index < -0.39 is 20.0 Å². The van der Waals surface area contributed by atoms with Crippen molar-refractivity contribution in [2.45, 2.75) is 62.2 Å². The van der Waals surface area contributed by atoms with Crippen LogP contribution in [0.4, 0.5) is 0 Å². The van der Waals surface area contributed by atoms with Crippen LogP contribution in [0, 0.1) is 0 Å². The number of benzene rings is 2. The van der Waals surface area contributed by atoms with Gasteiger partial charge in [0, 0.05) is 26.2 Å². The van der Waals surface area contributed by atoms with Gasteiger partial charge in [-0.3, -0.25) is 0 Å². The second-order valence-corrected chi connectivity index (χ2v) is 12.2. The first-order valence-corrected chi connectivity index (χ1v) is 14.3. The second kappa shape index (κ2) is 10.9. The lowest BCUT2D eigenvalue weighted by molar-refractivity contribution is 0.404. The van der Waals surface area contributed by atoms with Crippen LogP contribution in [-0.4, -0.2) is 51.6 Å². The third-order valence-electron chi connectivity index (χ3n) is 5.89. The Labute approximate surface area is 193 Å². The van der Waals surface area contributed by atoms with Gasteiger partial charge < -0.3 is 0 Å². The van der Waals surface area contributed by atoms with E-state index in [0.29, 0.717) is 19.5 Å². The molecule has 0 N–H and O–H groups in total. The monoisotopic (exact) mass is 478 g/mol. The molecule has 0 saturated carbocycles. The summed E-state index contributed by atoms with van der Waals surface area (Å²) < 4.78 is 55.4. The summed E-state index contributed by atoms with van der Waals surface area (Å²) in [5, 5.41) is 0. The summed E-state index contributed by atoms with van der Waals surface area (Å²) in [4.78, 5) is 0.525. The van der Waals surface area contributed by atoms with Crippen molar-refractivity contribution in [2.75, 3.05) is 26.2 Å². The molecule has 0 spiro atoms. The van der Waals surface area contributed by atoms with Crippen LogP contribution in [0.2, 0.25) is 0 Å². The Morgan fingerprint density at radius 3 is 1.47 bits per heavy atom. The molecule has 0 unspecified atom stereocenters. The fourth-order valence-corrected chi connectivity index (χ4v) is 6.91. The highest BCUT2D eigenvalue weighted by Crippen LogP contribution is 2.22. The Bertz CT molecular complexity index is 1080. The van der Waals surface area contributed by atoms with E-state index in [-0.39, 0.29) is 22.9 Å². The summed E-state index contributed by atoms with van der Waals surface area (Å²) in [7, 11) is -7.31. The lowest BCUT2D eigenvalue weighted by Crippen LogP contribution is -2.37. The van der Waals surface area contributed by atoms with Gasteiger partial charge in [0.2, 0.25) is 20.0 Å². The smallest absolute Gasteiger partial charge is 0.207 e. The number of nitrogens with zero attached hydrogens (tertiary/aromatic N) is 2. The molecule has 1 heterocycles. The van der Waals surface area contributed by atoms with Crippen LogP contribution >= 0.6 is 0 Å². The van der Waals surface area contributed by atoms with Crippen molar-refractivity contribution in [1.82, 2.24) is 8.61 Å². The Morgan fingerprint density at radius 2 is 1.06 bits per heavy atom. The molecule has 1 saturated heterocycles. The number of aryl methyl sites for hydroxylation is 2. The number of rotatable bonds is 9. The first kappa shape index (κ1) is 24.9. The van der Waals surface area contributed by atoms with Gasteiger partial charge in [-0.25, -0.2) is 16.8 Å². The van der Waals surface area contributed by atoms with E-state index in [4.69, 9.17) is 0 Å². The zero-order valence-electron chi connectivity index (χ0n) is 19.0. The number of unbranched alkanes of at least 4 members (excludes halogenated alkanes) is 1. The van der Waals surface area contributed by atoms with E-state index >= 15 is 0 Å². The van der Waals surface area contributed by atoms with Gasteiger partial charge in [0.15, 0.2) is 0 Å². The van der Waals surface area contributed by atoms with Crippen LogP contribution in [-0.2, 0) is 32.9 Å². The lowest BCUT2D eigenvalue weighted by Gasteiger charge is -2.22. The van der Waals surface area contributed by atoms with Crippen LogP contribution < -0.4 is 0 Å². The average Bonchev–Trinajstić information content (AvgIpc) is 3.06. The minimum absolute atomic E-state index is 0.146. The molecule has 1 aliphatic heterocycles. The molecule has 0 aliphatic carbocycles. The maximum atomic E-state index is 13.1. The summed E-state index contributed by atoms with van der Waals surface area (Å²) in [6.07, 6.45) is 5.48. The Kier molecular flexibility index (Phi) is 8.49. The molecule has 0 bridgehead atoms. The van der Waals surface area contributed by atoms with Crippen molar-refractivity contribution in [1.29, 1.82) is 0 Å². The quantitative estimate of drug-likeness (QED) is 0.545. The molecule has 1 fully saturated rings. The fourth-order valence-electron chi connectivity index (χ4n) is 3.97. The first-order chi connectivity index (χ1) is 15.3. The van der Waals surface area contributed by atoms with Gasteiger partial charge in [-0.05, 0) is 61.1 Å². The zero-order valence-corrected chi connectivity index (χ0v) is 20.7. The third kappa shape index (κ3) is 5.78. The van der Waals surface area contributed by atoms with Gasteiger partial charge in [0.05, 0.1) is 9.79 Å². The van der Waals surface area contributed by atoms with Crippen molar-refractivity contribution >= 4 is 20.0 Å². The predicted octanol–water partition coefficient (Wildman–Crippen LogP) is 4.07. The van der Waals surface area contributed by atoms with E-state index in [0.717, 1.165) is 43.2 Å². The van der Waals surface area contributed by atoms with E-state index in [1.54, 1.807) is 24.3 Å². The fraction of sp³-hybridized carbons (Fsp3) is 0.500. The average molecular weight is 479 g/mol. The maximum Gasteiger partial charge on any atom is 0.243 e. The molecule has 2 aromatic rings. The highest BCUT2D eigenvalue weighted by atomic mass is 32.2. The Hall–Kier alpha value is -1.74.